The Bertz CT molecular complexity index is 584. The van der Waals surface area contributed by atoms with Crippen LogP contribution < -0.4 is 11.1 Å². The van der Waals surface area contributed by atoms with E-state index in [0.29, 0.717) is 21.6 Å². The molecule has 2 rings (SSSR count). The summed E-state index contributed by atoms with van der Waals surface area (Å²) in [5.41, 5.74) is 7.00. The van der Waals surface area contributed by atoms with Crippen LogP contribution in [0.3, 0.4) is 0 Å². The number of benzene rings is 1. The quantitative estimate of drug-likeness (QED) is 0.800. The molecule has 0 fully saturated rings. The molecule has 0 unspecified atom stereocenters. The lowest BCUT2D eigenvalue weighted by Crippen LogP contribution is -2.01. The number of aromatic nitrogens is 2. The predicted molar refractivity (Wildman–Crippen MR) is 78.6 cm³/mol. The van der Waals surface area contributed by atoms with Gasteiger partial charge in [0.2, 0.25) is 5.95 Å². The Morgan fingerprint density at radius 2 is 1.94 bits per heavy atom. The van der Waals surface area contributed by atoms with Crippen molar-refractivity contribution in [2.45, 2.75) is 6.92 Å². The van der Waals surface area contributed by atoms with Gasteiger partial charge in [-0.15, -0.1) is 0 Å². The van der Waals surface area contributed by atoms with Crippen LogP contribution in [-0.2, 0) is 0 Å². The summed E-state index contributed by atoms with van der Waals surface area (Å²) < 4.78 is 0.734. The molecule has 2 aromatic rings. The van der Waals surface area contributed by atoms with Crippen molar-refractivity contribution in [1.29, 1.82) is 0 Å². The molecule has 18 heavy (non-hydrogen) atoms. The molecule has 0 saturated carbocycles. The van der Waals surface area contributed by atoms with Crippen molar-refractivity contribution in [2.24, 2.45) is 0 Å². The molecule has 0 saturated heterocycles. The van der Waals surface area contributed by atoms with Crippen molar-refractivity contribution in [3.63, 3.8) is 0 Å². The summed E-state index contributed by atoms with van der Waals surface area (Å²) in [6.45, 7) is 1.83. The number of rotatable bonds is 2. The van der Waals surface area contributed by atoms with E-state index >= 15 is 0 Å². The van der Waals surface area contributed by atoms with E-state index in [1.54, 1.807) is 18.2 Å². The normalized spacial score (nSPS) is 10.4. The first-order valence-corrected chi connectivity index (χ1v) is 6.54. The lowest BCUT2D eigenvalue weighted by molar-refractivity contribution is 1.12. The van der Waals surface area contributed by atoms with E-state index in [2.05, 4.69) is 31.2 Å². The summed E-state index contributed by atoms with van der Waals surface area (Å²) in [6, 6.07) is 5.36. The van der Waals surface area contributed by atoms with Crippen molar-refractivity contribution >= 4 is 56.6 Å². The molecule has 0 aliphatic carbocycles. The van der Waals surface area contributed by atoms with Crippen LogP contribution in [0.2, 0.25) is 10.0 Å². The monoisotopic (exact) mass is 346 g/mol. The molecule has 1 aromatic carbocycles. The predicted octanol–water partition coefficient (Wildman–Crippen LogP) is 4.18. The lowest BCUT2D eigenvalue weighted by Gasteiger charge is -2.10. The summed E-state index contributed by atoms with van der Waals surface area (Å²) in [4.78, 5) is 8.05. The Kier molecular flexibility index (Phi) is 3.94. The van der Waals surface area contributed by atoms with Gasteiger partial charge in [-0.2, -0.15) is 4.98 Å². The standard InChI is InChI=1S/C11H9BrCl2N4/c1-5-4-8(18-11(15)16-5)17-7-3-2-6(12)9(13)10(7)14/h2-4H,1H3,(H3,15,16,17,18). The first kappa shape index (κ1) is 13.4. The van der Waals surface area contributed by atoms with Crippen molar-refractivity contribution in [3.05, 3.63) is 38.4 Å². The Hall–Kier alpha value is -1.04. The molecule has 4 nitrogen and oxygen atoms in total. The molecule has 7 heteroatoms. The second-order valence-electron chi connectivity index (χ2n) is 3.60. The number of nitrogens with zero attached hydrogens (tertiary/aromatic N) is 2. The van der Waals surface area contributed by atoms with Crippen molar-refractivity contribution in [3.8, 4) is 0 Å². The molecule has 1 heterocycles. The number of anilines is 3. The maximum atomic E-state index is 6.13. The van der Waals surface area contributed by atoms with Gasteiger partial charge in [0.15, 0.2) is 0 Å². The summed E-state index contributed by atoms with van der Waals surface area (Å²) in [6.07, 6.45) is 0. The van der Waals surface area contributed by atoms with Gasteiger partial charge in [-0.3, -0.25) is 0 Å². The molecule has 1 aromatic heterocycles. The van der Waals surface area contributed by atoms with Crippen molar-refractivity contribution in [2.75, 3.05) is 11.1 Å². The van der Waals surface area contributed by atoms with Gasteiger partial charge in [0, 0.05) is 16.2 Å². The van der Waals surface area contributed by atoms with E-state index < -0.39 is 0 Å². The molecule has 0 amide bonds. The van der Waals surface area contributed by atoms with Crippen LogP contribution >= 0.6 is 39.1 Å². The minimum absolute atomic E-state index is 0.205. The average Bonchev–Trinajstić information content (AvgIpc) is 2.29. The van der Waals surface area contributed by atoms with Gasteiger partial charge < -0.3 is 11.1 Å². The molecule has 3 N–H and O–H groups in total. The number of halogens is 3. The molecular formula is C11H9BrCl2N4. The number of nitrogen functional groups attached to an aromatic ring is 1. The number of hydrogen-bond acceptors (Lipinski definition) is 4. The topological polar surface area (TPSA) is 63.8 Å². The highest BCUT2D eigenvalue weighted by Crippen LogP contribution is 2.36. The summed E-state index contributed by atoms with van der Waals surface area (Å²) >= 11 is 15.5. The van der Waals surface area contributed by atoms with Crippen LogP contribution in [0.1, 0.15) is 5.69 Å². The second-order valence-corrected chi connectivity index (χ2v) is 5.21. The Morgan fingerprint density at radius 1 is 1.22 bits per heavy atom. The maximum absolute atomic E-state index is 6.13. The Morgan fingerprint density at radius 3 is 2.61 bits per heavy atom. The van der Waals surface area contributed by atoms with Crippen LogP contribution in [-0.4, -0.2) is 9.97 Å². The fraction of sp³-hybridized carbons (Fsp3) is 0.0909. The number of nitrogens with one attached hydrogen (secondary N) is 1. The zero-order chi connectivity index (χ0) is 13.3. The Balaban J connectivity index is 2.37. The van der Waals surface area contributed by atoms with E-state index in [-0.39, 0.29) is 5.95 Å². The first-order chi connectivity index (χ1) is 8.47. The van der Waals surface area contributed by atoms with Crippen LogP contribution in [0.5, 0.6) is 0 Å². The third-order valence-electron chi connectivity index (χ3n) is 2.17. The lowest BCUT2D eigenvalue weighted by atomic mass is 10.3. The van der Waals surface area contributed by atoms with Crippen LogP contribution in [0.4, 0.5) is 17.5 Å². The van der Waals surface area contributed by atoms with Gasteiger partial charge >= 0.3 is 0 Å². The highest BCUT2D eigenvalue weighted by atomic mass is 79.9. The van der Waals surface area contributed by atoms with E-state index in [0.717, 1.165) is 10.2 Å². The molecule has 0 atom stereocenters. The van der Waals surface area contributed by atoms with Crippen LogP contribution in [0, 0.1) is 6.92 Å². The maximum Gasteiger partial charge on any atom is 0.222 e. The van der Waals surface area contributed by atoms with E-state index in [4.69, 9.17) is 28.9 Å². The SMILES string of the molecule is Cc1cc(Nc2ccc(Br)c(Cl)c2Cl)nc(N)n1. The van der Waals surface area contributed by atoms with E-state index in [1.165, 1.54) is 0 Å². The molecule has 0 radical (unpaired) electrons. The molecule has 0 aliphatic rings. The summed E-state index contributed by atoms with van der Waals surface area (Å²) in [5.74, 6) is 0.775. The third kappa shape index (κ3) is 2.85. The largest absolute Gasteiger partial charge is 0.368 e. The zero-order valence-corrected chi connectivity index (χ0v) is 12.4. The smallest absolute Gasteiger partial charge is 0.222 e. The van der Waals surface area contributed by atoms with Crippen LogP contribution in [0.25, 0.3) is 0 Å². The molecule has 0 bridgehead atoms. The van der Waals surface area contributed by atoms with Gasteiger partial charge in [0.05, 0.1) is 15.7 Å². The minimum Gasteiger partial charge on any atom is -0.368 e. The Labute approximate surface area is 123 Å². The molecular weight excluding hydrogens is 339 g/mol. The molecule has 0 spiro atoms. The second kappa shape index (κ2) is 5.30. The fourth-order valence-electron chi connectivity index (χ4n) is 1.42. The fourth-order valence-corrected chi connectivity index (χ4v) is 2.24. The molecule has 94 valence electrons. The highest BCUT2D eigenvalue weighted by molar-refractivity contribution is 9.10. The highest BCUT2D eigenvalue weighted by Gasteiger charge is 2.09. The minimum atomic E-state index is 0.205. The molecule has 0 aliphatic heterocycles. The number of aryl methyl sites for hydroxylation is 1. The van der Waals surface area contributed by atoms with E-state index in [9.17, 15) is 0 Å². The van der Waals surface area contributed by atoms with Gasteiger partial charge in [-0.05, 0) is 35.0 Å². The van der Waals surface area contributed by atoms with Gasteiger partial charge in [-0.1, -0.05) is 23.2 Å². The van der Waals surface area contributed by atoms with E-state index in [1.807, 2.05) is 6.92 Å². The van der Waals surface area contributed by atoms with Gasteiger partial charge in [-0.25, -0.2) is 4.98 Å². The third-order valence-corrected chi connectivity index (χ3v) is 3.94. The summed E-state index contributed by atoms with van der Waals surface area (Å²) in [5, 5.41) is 3.92. The zero-order valence-electron chi connectivity index (χ0n) is 9.34. The number of nitrogens with two attached hydrogens (primary N) is 1. The van der Waals surface area contributed by atoms with Crippen molar-refractivity contribution < 1.29 is 0 Å². The van der Waals surface area contributed by atoms with Crippen LogP contribution in [0.15, 0.2) is 22.7 Å². The van der Waals surface area contributed by atoms with Gasteiger partial charge in [0.25, 0.3) is 0 Å². The average molecular weight is 348 g/mol. The summed E-state index contributed by atoms with van der Waals surface area (Å²) in [7, 11) is 0. The van der Waals surface area contributed by atoms with Gasteiger partial charge in [0.1, 0.15) is 5.82 Å². The number of hydrogen-bond donors (Lipinski definition) is 2. The first-order valence-electron chi connectivity index (χ1n) is 4.99. The van der Waals surface area contributed by atoms with Crippen molar-refractivity contribution in [1.82, 2.24) is 9.97 Å².